The molecule has 0 spiro atoms. The van der Waals surface area contributed by atoms with Gasteiger partial charge in [-0.15, -0.1) is 0 Å². The van der Waals surface area contributed by atoms with E-state index in [1.54, 1.807) is 6.07 Å². The molecule has 0 unspecified atom stereocenters. The van der Waals surface area contributed by atoms with Crippen molar-refractivity contribution >= 4 is 23.3 Å². The van der Waals surface area contributed by atoms with Crippen LogP contribution in [-0.4, -0.2) is 45.3 Å². The molecule has 0 aromatic carbocycles. The second-order valence-corrected chi connectivity index (χ2v) is 7.44. The Labute approximate surface area is 177 Å². The molecule has 1 fully saturated rings. The van der Waals surface area contributed by atoms with Crippen LogP contribution < -0.4 is 16.0 Å². The Kier molecular flexibility index (Phi) is 6.39. The molecule has 162 valence electrons. The van der Waals surface area contributed by atoms with Crippen LogP contribution in [0.15, 0.2) is 24.7 Å². The minimum atomic E-state index is -3.03. The third-order valence-electron chi connectivity index (χ3n) is 4.48. The van der Waals surface area contributed by atoms with E-state index in [-0.39, 0.29) is 23.2 Å². The molecule has 2 aromatic rings. The van der Waals surface area contributed by atoms with Gasteiger partial charge < -0.3 is 16.0 Å². The fourth-order valence-electron chi connectivity index (χ4n) is 2.61. The fraction of sp³-hybridized carbons (Fsp3) is 0.400. The van der Waals surface area contributed by atoms with Gasteiger partial charge in [-0.1, -0.05) is 0 Å². The van der Waals surface area contributed by atoms with E-state index in [2.05, 4.69) is 30.9 Å². The minimum Gasteiger partial charge on any atom is -0.372 e. The van der Waals surface area contributed by atoms with Gasteiger partial charge in [-0.2, -0.15) is 5.26 Å². The Hall–Kier alpha value is -3.68. The zero-order chi connectivity index (χ0) is 22.6. The fourth-order valence-corrected chi connectivity index (χ4v) is 2.61. The first-order chi connectivity index (χ1) is 14.7. The standard InChI is InChI=1S/C20H21F2N7O2/c1-11(18(30)27-10-20(2,21)22)28-14-5-13(7-24-15(14)6-23)16-8-26-17(9-25-16)29-19(31)12-3-4-12/h5,7-9,11-12,28H,3-4,10H2,1-2H3,(H,27,30)(H,26,29,31)/t11-/m0/s1. The van der Waals surface area contributed by atoms with Crippen LogP contribution in [0.1, 0.15) is 32.4 Å². The first-order valence-electron chi connectivity index (χ1n) is 9.62. The van der Waals surface area contributed by atoms with Crippen molar-refractivity contribution in [3.05, 3.63) is 30.4 Å². The third kappa shape index (κ3) is 6.15. The van der Waals surface area contributed by atoms with Gasteiger partial charge in [0.1, 0.15) is 12.1 Å². The number of carbonyl (C=O) groups is 2. The Balaban J connectivity index is 1.71. The summed E-state index contributed by atoms with van der Waals surface area (Å²) in [7, 11) is 0. The number of amides is 2. The zero-order valence-corrected chi connectivity index (χ0v) is 16.9. The average Bonchev–Trinajstić information content (AvgIpc) is 3.57. The molecule has 1 aliphatic carbocycles. The average molecular weight is 429 g/mol. The molecule has 0 aliphatic heterocycles. The zero-order valence-electron chi connectivity index (χ0n) is 16.9. The van der Waals surface area contributed by atoms with Gasteiger partial charge in [0.2, 0.25) is 11.8 Å². The molecule has 3 rings (SSSR count). The number of alkyl halides is 2. The van der Waals surface area contributed by atoms with Gasteiger partial charge in [-0.25, -0.2) is 18.7 Å². The lowest BCUT2D eigenvalue weighted by Gasteiger charge is -2.18. The second kappa shape index (κ2) is 8.99. The Morgan fingerprint density at radius 2 is 2.00 bits per heavy atom. The largest absolute Gasteiger partial charge is 0.372 e. The molecular weight excluding hydrogens is 408 g/mol. The molecule has 2 aromatic heterocycles. The van der Waals surface area contributed by atoms with Crippen LogP contribution >= 0.6 is 0 Å². The minimum absolute atomic E-state index is 0.0329. The van der Waals surface area contributed by atoms with E-state index in [4.69, 9.17) is 0 Å². The molecule has 9 nitrogen and oxygen atoms in total. The smallest absolute Gasteiger partial charge is 0.262 e. The van der Waals surface area contributed by atoms with Gasteiger partial charge in [0.25, 0.3) is 5.92 Å². The summed E-state index contributed by atoms with van der Waals surface area (Å²) in [5.74, 6) is -3.38. The van der Waals surface area contributed by atoms with E-state index in [0.717, 1.165) is 12.8 Å². The molecule has 2 heterocycles. The maximum atomic E-state index is 12.9. The van der Waals surface area contributed by atoms with Crippen molar-refractivity contribution in [2.75, 3.05) is 17.2 Å². The predicted molar refractivity (Wildman–Crippen MR) is 108 cm³/mol. The molecule has 0 saturated heterocycles. The van der Waals surface area contributed by atoms with Crippen LogP contribution in [0.3, 0.4) is 0 Å². The molecule has 1 saturated carbocycles. The lowest BCUT2D eigenvalue weighted by molar-refractivity contribution is -0.123. The second-order valence-electron chi connectivity index (χ2n) is 7.44. The molecule has 31 heavy (non-hydrogen) atoms. The topological polar surface area (TPSA) is 133 Å². The van der Waals surface area contributed by atoms with E-state index in [1.807, 2.05) is 6.07 Å². The van der Waals surface area contributed by atoms with Crippen molar-refractivity contribution in [2.24, 2.45) is 5.92 Å². The van der Waals surface area contributed by atoms with E-state index < -0.39 is 24.4 Å². The highest BCUT2D eigenvalue weighted by Gasteiger charge is 2.29. The van der Waals surface area contributed by atoms with Crippen LogP contribution in [0.25, 0.3) is 11.3 Å². The van der Waals surface area contributed by atoms with E-state index in [0.29, 0.717) is 24.0 Å². The van der Waals surface area contributed by atoms with Gasteiger partial charge in [-0.3, -0.25) is 14.6 Å². The van der Waals surface area contributed by atoms with Crippen molar-refractivity contribution in [2.45, 2.75) is 38.7 Å². The van der Waals surface area contributed by atoms with Crippen molar-refractivity contribution in [3.63, 3.8) is 0 Å². The number of halogens is 2. The van der Waals surface area contributed by atoms with Gasteiger partial charge >= 0.3 is 0 Å². The molecular formula is C20H21F2N7O2. The normalized spacial score (nSPS) is 14.3. The van der Waals surface area contributed by atoms with Crippen LogP contribution in [0.2, 0.25) is 0 Å². The van der Waals surface area contributed by atoms with E-state index in [9.17, 15) is 23.6 Å². The predicted octanol–water partition coefficient (Wildman–Crippen LogP) is 2.33. The summed E-state index contributed by atoms with van der Waals surface area (Å²) in [6.45, 7) is 1.39. The lowest BCUT2D eigenvalue weighted by Crippen LogP contribution is -2.42. The molecule has 1 aliphatic rings. The summed E-state index contributed by atoms with van der Waals surface area (Å²) in [5, 5.41) is 16.9. The summed E-state index contributed by atoms with van der Waals surface area (Å²) >= 11 is 0. The molecule has 0 bridgehead atoms. The molecule has 11 heteroatoms. The number of nitrogens with zero attached hydrogens (tertiary/aromatic N) is 4. The first-order valence-corrected chi connectivity index (χ1v) is 9.62. The van der Waals surface area contributed by atoms with Crippen LogP contribution in [0, 0.1) is 17.2 Å². The SMILES string of the molecule is C[C@H](Nc1cc(-c2cnc(NC(=O)C3CC3)cn2)cnc1C#N)C(=O)NCC(C)(F)F. The number of hydrogen-bond donors (Lipinski definition) is 3. The van der Waals surface area contributed by atoms with Crippen LogP contribution in [0.5, 0.6) is 0 Å². The highest BCUT2D eigenvalue weighted by Crippen LogP contribution is 2.30. The molecule has 3 N–H and O–H groups in total. The van der Waals surface area contributed by atoms with E-state index >= 15 is 0 Å². The van der Waals surface area contributed by atoms with Crippen molar-refractivity contribution in [1.29, 1.82) is 5.26 Å². The monoisotopic (exact) mass is 429 g/mol. The quantitative estimate of drug-likeness (QED) is 0.587. The van der Waals surface area contributed by atoms with Crippen molar-refractivity contribution in [1.82, 2.24) is 20.3 Å². The van der Waals surface area contributed by atoms with Crippen molar-refractivity contribution in [3.8, 4) is 17.3 Å². The van der Waals surface area contributed by atoms with Gasteiger partial charge in [0.05, 0.1) is 30.3 Å². The van der Waals surface area contributed by atoms with Gasteiger partial charge in [-0.05, 0) is 25.8 Å². The first kappa shape index (κ1) is 22.0. The third-order valence-corrected chi connectivity index (χ3v) is 4.48. The highest BCUT2D eigenvalue weighted by atomic mass is 19.3. The number of carbonyl (C=O) groups excluding carboxylic acids is 2. The number of anilines is 2. The summed E-state index contributed by atoms with van der Waals surface area (Å²) < 4.78 is 25.9. The number of rotatable bonds is 8. The highest BCUT2D eigenvalue weighted by molar-refractivity contribution is 5.93. The molecule has 1 atom stereocenters. The maximum absolute atomic E-state index is 12.9. The number of nitrogens with one attached hydrogen (secondary N) is 3. The summed E-state index contributed by atoms with van der Waals surface area (Å²) in [6.07, 6.45) is 6.05. The summed E-state index contributed by atoms with van der Waals surface area (Å²) in [5.41, 5.74) is 1.23. The van der Waals surface area contributed by atoms with E-state index in [1.165, 1.54) is 25.5 Å². The maximum Gasteiger partial charge on any atom is 0.262 e. The van der Waals surface area contributed by atoms with Crippen LogP contribution in [-0.2, 0) is 9.59 Å². The molecule has 2 amide bonds. The Bertz CT molecular complexity index is 1010. The number of aromatic nitrogens is 3. The number of pyridine rings is 1. The molecule has 0 radical (unpaired) electrons. The lowest BCUT2D eigenvalue weighted by atomic mass is 10.1. The summed E-state index contributed by atoms with van der Waals surface area (Å²) in [4.78, 5) is 36.4. The van der Waals surface area contributed by atoms with Gasteiger partial charge in [0.15, 0.2) is 11.5 Å². The number of nitriles is 1. The number of hydrogen-bond acceptors (Lipinski definition) is 7. The Morgan fingerprint density at radius 1 is 1.26 bits per heavy atom. The Morgan fingerprint density at radius 3 is 2.58 bits per heavy atom. The van der Waals surface area contributed by atoms with Crippen molar-refractivity contribution < 1.29 is 18.4 Å². The van der Waals surface area contributed by atoms with Crippen LogP contribution in [0.4, 0.5) is 20.3 Å². The van der Waals surface area contributed by atoms with Gasteiger partial charge in [0, 0.05) is 24.6 Å². The summed E-state index contributed by atoms with van der Waals surface area (Å²) in [6, 6.07) is 2.59.